The third-order valence-electron chi connectivity index (χ3n) is 4.24. The van der Waals surface area contributed by atoms with Gasteiger partial charge < -0.3 is 24.8 Å². The zero-order valence-corrected chi connectivity index (χ0v) is 15.4. The quantitative estimate of drug-likeness (QED) is 0.599. The first kappa shape index (κ1) is 18.3. The Morgan fingerprint density at radius 1 is 0.897 bits per heavy atom. The van der Waals surface area contributed by atoms with Crippen LogP contribution in [0.2, 0.25) is 0 Å². The molecule has 0 saturated carbocycles. The minimum Gasteiger partial charge on any atom is -0.454 e. The van der Waals surface area contributed by atoms with Crippen LogP contribution < -0.4 is 36.6 Å². The predicted molar refractivity (Wildman–Crippen MR) is 107 cm³/mol. The molecule has 1 aromatic heterocycles. The number of aromatic nitrogens is 2. The molecule has 0 saturated heterocycles. The lowest BCUT2D eigenvalue weighted by Crippen LogP contribution is -2.46. The number of hydrogen-bond acceptors (Lipinski definition) is 5. The van der Waals surface area contributed by atoms with Crippen LogP contribution in [-0.4, -0.2) is 22.7 Å². The van der Waals surface area contributed by atoms with Gasteiger partial charge in [-0.1, -0.05) is 18.2 Å². The maximum Gasteiger partial charge on any atom is 0.272 e. The van der Waals surface area contributed by atoms with E-state index in [2.05, 4.69) is 15.3 Å². The Labute approximate surface area is 164 Å². The van der Waals surface area contributed by atoms with Gasteiger partial charge in [0, 0.05) is 12.6 Å². The molecule has 3 N–H and O–H groups in total. The third kappa shape index (κ3) is 4.11. The minimum atomic E-state index is -0.428. The van der Waals surface area contributed by atoms with E-state index in [-0.39, 0.29) is 23.4 Å². The molecule has 0 radical (unpaired) electrons. The molecule has 3 aromatic rings. The molecule has 1 amide bonds. The number of H-pyrrole nitrogens is 2. The number of nitrogens with one attached hydrogen (secondary N) is 3. The number of carbonyl (C=O) groups is 1. The highest BCUT2D eigenvalue weighted by Crippen LogP contribution is 2.32. The summed E-state index contributed by atoms with van der Waals surface area (Å²) in [6, 6.07) is 12.1. The second kappa shape index (κ2) is 7.51. The van der Waals surface area contributed by atoms with Gasteiger partial charge in [0.25, 0.3) is 11.1 Å². The molecule has 0 aliphatic carbocycles. The van der Waals surface area contributed by atoms with E-state index >= 15 is 0 Å². The summed E-state index contributed by atoms with van der Waals surface area (Å²) in [7, 11) is 0. The zero-order valence-electron chi connectivity index (χ0n) is 15.4. The predicted octanol–water partition coefficient (Wildman–Crippen LogP) is 0.408. The number of hydrogen-bond donors (Lipinski definition) is 3. The van der Waals surface area contributed by atoms with Crippen LogP contribution in [0.25, 0.3) is 12.2 Å². The Balaban J connectivity index is 1.68. The van der Waals surface area contributed by atoms with Gasteiger partial charge in [-0.05, 0) is 47.5 Å². The van der Waals surface area contributed by atoms with Crippen molar-refractivity contribution < 1.29 is 14.3 Å². The van der Waals surface area contributed by atoms with Crippen molar-refractivity contribution in [3.05, 3.63) is 85.0 Å². The molecular formula is C21H17N3O5. The monoisotopic (exact) mass is 391 g/mol. The van der Waals surface area contributed by atoms with E-state index < -0.39 is 11.1 Å². The van der Waals surface area contributed by atoms with Crippen molar-refractivity contribution >= 4 is 23.7 Å². The lowest BCUT2D eigenvalue weighted by molar-refractivity contribution is -0.114. The van der Waals surface area contributed by atoms with E-state index in [1.54, 1.807) is 54.6 Å². The van der Waals surface area contributed by atoms with Crippen LogP contribution in [0, 0.1) is 0 Å². The number of carbonyl (C=O) groups excluding carboxylic acids is 1. The first-order valence-electron chi connectivity index (χ1n) is 8.81. The van der Waals surface area contributed by atoms with Gasteiger partial charge in [-0.3, -0.25) is 14.4 Å². The summed E-state index contributed by atoms with van der Waals surface area (Å²) in [5, 5.41) is 2.92. The van der Waals surface area contributed by atoms with Gasteiger partial charge in [0.05, 0.1) is 0 Å². The first-order valence-corrected chi connectivity index (χ1v) is 8.81. The highest BCUT2D eigenvalue weighted by molar-refractivity contribution is 5.88. The van der Waals surface area contributed by atoms with Crippen molar-refractivity contribution in [1.82, 2.24) is 9.97 Å². The maximum absolute atomic E-state index is 12.4. The van der Waals surface area contributed by atoms with Crippen molar-refractivity contribution in [2.24, 2.45) is 0 Å². The number of benzene rings is 2. The summed E-state index contributed by atoms with van der Waals surface area (Å²) in [6.45, 7) is 1.58. The van der Waals surface area contributed by atoms with Crippen LogP contribution in [0.4, 0.5) is 5.69 Å². The van der Waals surface area contributed by atoms with Crippen LogP contribution in [0.1, 0.15) is 18.1 Å². The third-order valence-corrected chi connectivity index (χ3v) is 4.24. The highest BCUT2D eigenvalue weighted by Gasteiger charge is 2.12. The smallest absolute Gasteiger partial charge is 0.272 e. The molecule has 1 aliphatic rings. The summed E-state index contributed by atoms with van der Waals surface area (Å²) in [6.07, 6.45) is 3.12. The Bertz CT molecular complexity index is 1320. The molecule has 0 fully saturated rings. The van der Waals surface area contributed by atoms with Crippen molar-refractivity contribution in [1.29, 1.82) is 0 Å². The molecule has 0 unspecified atom stereocenters. The maximum atomic E-state index is 12.4. The Morgan fingerprint density at radius 3 is 2.14 bits per heavy atom. The van der Waals surface area contributed by atoms with Gasteiger partial charge in [0.15, 0.2) is 11.5 Å². The molecule has 0 atom stereocenters. The number of amides is 1. The molecule has 146 valence electrons. The summed E-state index contributed by atoms with van der Waals surface area (Å²) < 4.78 is 10.6. The summed E-state index contributed by atoms with van der Waals surface area (Å²) in [4.78, 5) is 41.1. The van der Waals surface area contributed by atoms with E-state index in [9.17, 15) is 14.4 Å². The molecule has 1 aliphatic heterocycles. The Morgan fingerprint density at radius 2 is 1.48 bits per heavy atom. The van der Waals surface area contributed by atoms with Crippen LogP contribution in [0.15, 0.2) is 52.1 Å². The fourth-order valence-corrected chi connectivity index (χ4v) is 2.90. The normalized spacial score (nSPS) is 13.6. The molecule has 0 bridgehead atoms. The zero-order chi connectivity index (χ0) is 20.4. The topological polar surface area (TPSA) is 113 Å². The molecule has 4 rings (SSSR count). The minimum absolute atomic E-state index is 0.130. The molecule has 2 aromatic carbocycles. The first-order chi connectivity index (χ1) is 14.0. The van der Waals surface area contributed by atoms with Gasteiger partial charge in [-0.15, -0.1) is 0 Å². The van der Waals surface area contributed by atoms with Gasteiger partial charge in [0.2, 0.25) is 12.7 Å². The second-order valence-electron chi connectivity index (χ2n) is 6.44. The average molecular weight is 391 g/mol. The summed E-state index contributed by atoms with van der Waals surface area (Å²) in [5.74, 6) is 1.06. The SMILES string of the molecule is CC(=O)Nc1ccc(/C=c2\[nH]c(=O)/c(=C/c3ccc4c(c3)OCO4)[nH]c2=O)cc1. The molecule has 8 heteroatoms. The van der Waals surface area contributed by atoms with Crippen LogP contribution in [0.5, 0.6) is 11.5 Å². The fourth-order valence-electron chi connectivity index (χ4n) is 2.90. The Hall–Kier alpha value is -4.07. The van der Waals surface area contributed by atoms with Crippen LogP contribution in [-0.2, 0) is 4.79 Å². The summed E-state index contributed by atoms with van der Waals surface area (Å²) >= 11 is 0. The van der Waals surface area contributed by atoms with Crippen molar-refractivity contribution in [3.8, 4) is 11.5 Å². The van der Waals surface area contributed by atoms with Crippen LogP contribution >= 0.6 is 0 Å². The molecule has 8 nitrogen and oxygen atoms in total. The molecule has 29 heavy (non-hydrogen) atoms. The largest absolute Gasteiger partial charge is 0.454 e. The lowest BCUT2D eigenvalue weighted by atomic mass is 10.2. The van der Waals surface area contributed by atoms with Gasteiger partial charge in [0.1, 0.15) is 10.7 Å². The van der Waals surface area contributed by atoms with Gasteiger partial charge in [-0.25, -0.2) is 0 Å². The second-order valence-corrected chi connectivity index (χ2v) is 6.44. The van der Waals surface area contributed by atoms with Gasteiger partial charge in [-0.2, -0.15) is 0 Å². The van der Waals surface area contributed by atoms with Crippen molar-refractivity contribution in [2.75, 3.05) is 12.1 Å². The van der Waals surface area contributed by atoms with Crippen LogP contribution in [0.3, 0.4) is 0 Å². The Kier molecular flexibility index (Phi) is 4.74. The number of aromatic amines is 2. The lowest BCUT2D eigenvalue weighted by Gasteiger charge is -2.01. The highest BCUT2D eigenvalue weighted by atomic mass is 16.7. The number of fused-ring (bicyclic) bond motifs is 1. The van der Waals surface area contributed by atoms with E-state index in [1.165, 1.54) is 6.92 Å². The van der Waals surface area contributed by atoms with Gasteiger partial charge >= 0.3 is 0 Å². The fraction of sp³-hybridized carbons (Fsp3) is 0.0952. The molecule has 2 heterocycles. The number of rotatable bonds is 3. The average Bonchev–Trinajstić information content (AvgIpc) is 3.15. The van der Waals surface area contributed by atoms with E-state index in [0.717, 1.165) is 0 Å². The van der Waals surface area contributed by atoms with Crippen molar-refractivity contribution in [2.45, 2.75) is 6.92 Å². The molecular weight excluding hydrogens is 374 g/mol. The number of anilines is 1. The van der Waals surface area contributed by atoms with E-state index in [4.69, 9.17) is 9.47 Å². The molecule has 0 spiro atoms. The van der Waals surface area contributed by atoms with E-state index in [1.807, 2.05) is 0 Å². The number of ether oxygens (including phenoxy) is 2. The summed E-state index contributed by atoms with van der Waals surface area (Å²) in [5.41, 5.74) is 1.19. The van der Waals surface area contributed by atoms with E-state index in [0.29, 0.717) is 28.3 Å². The van der Waals surface area contributed by atoms with Crippen molar-refractivity contribution in [3.63, 3.8) is 0 Å². The standard InChI is InChI=1S/C21H17N3O5/c1-12(25)22-15-5-2-13(3-6-15)8-16-20(26)24-17(21(27)23-16)9-14-4-7-18-19(10-14)29-11-28-18/h2-10H,11H2,1H3,(H,22,25)(H,23,27)(H,24,26)/b16-8-,17-9-.